The van der Waals surface area contributed by atoms with Gasteiger partial charge in [-0.2, -0.15) is 0 Å². The van der Waals surface area contributed by atoms with Gasteiger partial charge >= 0.3 is 0 Å². The molecule has 3 nitrogen and oxygen atoms in total. The third-order valence-electron chi connectivity index (χ3n) is 3.34. The molecular formula is C10H19N3. The first-order valence-electron chi connectivity index (χ1n) is 5.29. The largest absolute Gasteiger partial charge is 0.312 e. The highest BCUT2D eigenvalue weighted by Crippen LogP contribution is 2.45. The van der Waals surface area contributed by atoms with Crippen LogP contribution < -0.4 is 11.3 Å². The van der Waals surface area contributed by atoms with Crippen LogP contribution >= 0.6 is 0 Å². The van der Waals surface area contributed by atoms with Crippen LogP contribution in [0.2, 0.25) is 0 Å². The lowest BCUT2D eigenvalue weighted by atomic mass is 10.1. The summed E-state index contributed by atoms with van der Waals surface area (Å²) in [5.41, 5.74) is 3.07. The fourth-order valence-corrected chi connectivity index (χ4v) is 2.01. The molecule has 0 amide bonds. The monoisotopic (exact) mass is 181 g/mol. The molecule has 0 aliphatic heterocycles. The Bertz CT molecular complexity index is 212. The molecule has 2 saturated carbocycles. The highest BCUT2D eigenvalue weighted by atomic mass is 15.3. The second kappa shape index (κ2) is 3.29. The van der Waals surface area contributed by atoms with E-state index in [2.05, 4.69) is 12.3 Å². The normalized spacial score (nSPS) is 27.7. The van der Waals surface area contributed by atoms with Crippen molar-refractivity contribution in [3.63, 3.8) is 0 Å². The molecule has 13 heavy (non-hydrogen) atoms. The van der Waals surface area contributed by atoms with Gasteiger partial charge in [-0.05, 0) is 25.7 Å². The third-order valence-corrected chi connectivity index (χ3v) is 3.34. The summed E-state index contributed by atoms with van der Waals surface area (Å²) in [7, 11) is 0. The molecule has 0 aromatic heterocycles. The summed E-state index contributed by atoms with van der Waals surface area (Å²) in [6, 6.07) is 0.545. The van der Waals surface area contributed by atoms with Crippen LogP contribution in [-0.2, 0) is 0 Å². The van der Waals surface area contributed by atoms with Gasteiger partial charge in [-0.15, -0.1) is 0 Å². The molecular weight excluding hydrogens is 162 g/mol. The van der Waals surface area contributed by atoms with Crippen LogP contribution in [0.4, 0.5) is 0 Å². The van der Waals surface area contributed by atoms with Crippen LogP contribution in [0.5, 0.6) is 0 Å². The SMILES string of the molecule is CC1(C(=NC2CCCC2)NN)CC1. The number of nitrogens with one attached hydrogen (secondary N) is 1. The van der Waals surface area contributed by atoms with Crippen LogP contribution in [0.1, 0.15) is 45.4 Å². The molecule has 3 N–H and O–H groups in total. The maximum atomic E-state index is 5.50. The van der Waals surface area contributed by atoms with Gasteiger partial charge in [-0.1, -0.05) is 19.8 Å². The van der Waals surface area contributed by atoms with E-state index in [0.717, 1.165) is 5.84 Å². The lowest BCUT2D eigenvalue weighted by molar-refractivity contribution is 0.664. The molecule has 3 heteroatoms. The maximum Gasteiger partial charge on any atom is 0.117 e. The quantitative estimate of drug-likeness (QED) is 0.294. The molecule has 0 atom stereocenters. The Hall–Kier alpha value is -0.570. The summed E-state index contributed by atoms with van der Waals surface area (Å²) in [5, 5.41) is 0. The van der Waals surface area contributed by atoms with Crippen LogP contribution in [0, 0.1) is 5.41 Å². The Morgan fingerprint density at radius 2 is 2.00 bits per heavy atom. The second-order valence-electron chi connectivity index (χ2n) is 4.62. The zero-order valence-electron chi connectivity index (χ0n) is 8.34. The second-order valence-corrected chi connectivity index (χ2v) is 4.62. The summed E-state index contributed by atoms with van der Waals surface area (Å²) in [6.45, 7) is 2.24. The molecule has 2 rings (SSSR count). The van der Waals surface area contributed by atoms with Crippen molar-refractivity contribution in [1.82, 2.24) is 5.43 Å². The Labute approximate surface area is 79.8 Å². The van der Waals surface area contributed by atoms with E-state index in [-0.39, 0.29) is 5.41 Å². The minimum atomic E-state index is 0.289. The van der Waals surface area contributed by atoms with E-state index < -0.39 is 0 Å². The van der Waals surface area contributed by atoms with Crippen LogP contribution in [0.15, 0.2) is 4.99 Å². The van der Waals surface area contributed by atoms with Crippen LogP contribution in [0.3, 0.4) is 0 Å². The molecule has 2 aliphatic rings. The molecule has 0 radical (unpaired) electrons. The number of rotatable bonds is 2. The molecule has 0 aromatic carbocycles. The summed E-state index contributed by atoms with van der Waals surface area (Å²) in [4.78, 5) is 4.71. The molecule has 0 unspecified atom stereocenters. The summed E-state index contributed by atoms with van der Waals surface area (Å²) < 4.78 is 0. The van der Waals surface area contributed by atoms with E-state index in [0.29, 0.717) is 6.04 Å². The van der Waals surface area contributed by atoms with Gasteiger partial charge in [0.2, 0.25) is 0 Å². The van der Waals surface area contributed by atoms with E-state index in [1.54, 1.807) is 0 Å². The molecule has 0 aromatic rings. The van der Waals surface area contributed by atoms with Crippen molar-refractivity contribution < 1.29 is 0 Å². The fourth-order valence-electron chi connectivity index (χ4n) is 2.01. The smallest absolute Gasteiger partial charge is 0.117 e. The molecule has 0 bridgehead atoms. The van der Waals surface area contributed by atoms with Gasteiger partial charge in [0.25, 0.3) is 0 Å². The highest BCUT2D eigenvalue weighted by Gasteiger charge is 2.42. The Morgan fingerprint density at radius 1 is 1.38 bits per heavy atom. The highest BCUT2D eigenvalue weighted by molar-refractivity contribution is 5.89. The van der Waals surface area contributed by atoms with Gasteiger partial charge in [0.1, 0.15) is 5.84 Å². The average Bonchev–Trinajstić information content (AvgIpc) is 2.70. The number of nitrogens with two attached hydrogens (primary N) is 1. The number of amidine groups is 1. The van der Waals surface area contributed by atoms with Gasteiger partial charge in [-0.3, -0.25) is 4.99 Å². The fraction of sp³-hybridized carbons (Fsp3) is 0.900. The van der Waals surface area contributed by atoms with E-state index >= 15 is 0 Å². The minimum absolute atomic E-state index is 0.289. The van der Waals surface area contributed by atoms with Crippen LogP contribution in [-0.4, -0.2) is 11.9 Å². The lowest BCUT2D eigenvalue weighted by Gasteiger charge is -2.14. The topological polar surface area (TPSA) is 50.4 Å². The third kappa shape index (κ3) is 1.85. The Morgan fingerprint density at radius 3 is 2.46 bits per heavy atom. The zero-order chi connectivity index (χ0) is 9.31. The summed E-state index contributed by atoms with van der Waals surface area (Å²) in [6.07, 6.45) is 7.65. The first-order chi connectivity index (χ1) is 6.24. The first kappa shape index (κ1) is 9.00. The van der Waals surface area contributed by atoms with Gasteiger partial charge in [0.05, 0.1) is 6.04 Å². The summed E-state index contributed by atoms with van der Waals surface area (Å²) in [5.74, 6) is 6.54. The van der Waals surface area contributed by atoms with E-state index in [1.807, 2.05) is 0 Å². The number of aliphatic imine (C=N–C) groups is 1. The molecule has 74 valence electrons. The van der Waals surface area contributed by atoms with Gasteiger partial charge < -0.3 is 5.43 Å². The van der Waals surface area contributed by atoms with Crippen molar-refractivity contribution >= 4 is 5.84 Å². The first-order valence-corrected chi connectivity index (χ1v) is 5.29. The molecule has 0 heterocycles. The predicted molar refractivity (Wildman–Crippen MR) is 54.4 cm³/mol. The van der Waals surface area contributed by atoms with Crippen molar-refractivity contribution in [2.24, 2.45) is 16.3 Å². The average molecular weight is 181 g/mol. The van der Waals surface area contributed by atoms with E-state index in [4.69, 9.17) is 10.8 Å². The predicted octanol–water partition coefficient (Wildman–Crippen LogP) is 1.59. The van der Waals surface area contributed by atoms with E-state index in [1.165, 1.54) is 38.5 Å². The van der Waals surface area contributed by atoms with Gasteiger partial charge in [-0.25, -0.2) is 5.84 Å². The Kier molecular flexibility index (Phi) is 2.28. The van der Waals surface area contributed by atoms with Crippen molar-refractivity contribution in [1.29, 1.82) is 0 Å². The molecule has 0 spiro atoms. The van der Waals surface area contributed by atoms with Crippen molar-refractivity contribution in [2.45, 2.75) is 51.5 Å². The van der Waals surface area contributed by atoms with Crippen molar-refractivity contribution in [3.05, 3.63) is 0 Å². The van der Waals surface area contributed by atoms with Crippen molar-refractivity contribution in [2.75, 3.05) is 0 Å². The van der Waals surface area contributed by atoms with Gasteiger partial charge in [0.15, 0.2) is 0 Å². The minimum Gasteiger partial charge on any atom is -0.312 e. The Balaban J connectivity index is 2.02. The number of nitrogens with zero attached hydrogens (tertiary/aromatic N) is 1. The number of hydrogen-bond donors (Lipinski definition) is 2. The standard InChI is InChI=1S/C10H19N3/c1-10(6-7-10)9(13-11)12-8-4-2-3-5-8/h8H,2-7,11H2,1H3,(H,12,13). The zero-order valence-corrected chi connectivity index (χ0v) is 8.34. The lowest BCUT2D eigenvalue weighted by Crippen LogP contribution is -2.37. The summed E-state index contributed by atoms with van der Waals surface area (Å²) >= 11 is 0. The van der Waals surface area contributed by atoms with Gasteiger partial charge in [0, 0.05) is 5.41 Å². The number of hydrazine groups is 1. The maximum absolute atomic E-state index is 5.50. The van der Waals surface area contributed by atoms with Crippen LogP contribution in [0.25, 0.3) is 0 Å². The number of hydrogen-bond acceptors (Lipinski definition) is 2. The van der Waals surface area contributed by atoms with Crippen molar-refractivity contribution in [3.8, 4) is 0 Å². The molecule has 2 fully saturated rings. The molecule has 0 saturated heterocycles. The van der Waals surface area contributed by atoms with E-state index in [9.17, 15) is 0 Å². The molecule has 2 aliphatic carbocycles.